The van der Waals surface area contributed by atoms with Crippen molar-refractivity contribution in [2.24, 2.45) is 0 Å². The fraction of sp³-hybridized carbons (Fsp3) is 0.167. The summed E-state index contributed by atoms with van der Waals surface area (Å²) in [6.45, 7) is 5.06. The average Bonchev–Trinajstić information content (AvgIpc) is 3.12. The summed E-state index contributed by atoms with van der Waals surface area (Å²) in [5.74, 6) is -0.349. The van der Waals surface area contributed by atoms with Crippen LogP contribution in [0.4, 0.5) is 5.13 Å². The van der Waals surface area contributed by atoms with Crippen LogP contribution in [0.5, 0.6) is 0 Å². The zero-order valence-electron chi connectivity index (χ0n) is 13.6. The summed E-state index contributed by atoms with van der Waals surface area (Å²) in [5, 5.41) is 5.22. The van der Waals surface area contributed by atoms with Crippen LogP contribution < -0.4 is 5.32 Å². The summed E-state index contributed by atoms with van der Waals surface area (Å²) in [7, 11) is 0. The Labute approximate surface area is 143 Å². The van der Waals surface area contributed by atoms with Crippen LogP contribution in [0.15, 0.2) is 35.7 Å². The van der Waals surface area contributed by atoms with Gasteiger partial charge in [-0.2, -0.15) is 0 Å². The van der Waals surface area contributed by atoms with Crippen molar-refractivity contribution in [3.05, 3.63) is 58.2 Å². The van der Waals surface area contributed by atoms with Crippen LogP contribution in [-0.2, 0) is 0 Å². The number of aryl methyl sites for hydroxylation is 1. The minimum Gasteiger partial charge on any atom is -0.354 e. The van der Waals surface area contributed by atoms with Gasteiger partial charge in [0.2, 0.25) is 0 Å². The van der Waals surface area contributed by atoms with E-state index in [1.807, 2.05) is 35.7 Å². The molecule has 5 nitrogen and oxygen atoms in total. The fourth-order valence-electron chi connectivity index (χ4n) is 2.74. The second-order valence-electron chi connectivity index (χ2n) is 5.54. The van der Waals surface area contributed by atoms with Crippen molar-refractivity contribution in [2.75, 3.05) is 5.32 Å². The minimum atomic E-state index is -0.294. The number of hydrogen-bond donors (Lipinski definition) is 2. The van der Waals surface area contributed by atoms with Crippen molar-refractivity contribution in [3.63, 3.8) is 0 Å². The van der Waals surface area contributed by atoms with Gasteiger partial charge in [0.05, 0.1) is 5.69 Å². The molecule has 3 aromatic rings. The summed E-state index contributed by atoms with van der Waals surface area (Å²) in [4.78, 5) is 31.6. The Bertz CT molecular complexity index is 910. The van der Waals surface area contributed by atoms with Gasteiger partial charge in [0.15, 0.2) is 10.9 Å². The molecule has 0 radical (unpaired) electrons. The van der Waals surface area contributed by atoms with Gasteiger partial charge in [-0.1, -0.05) is 30.3 Å². The molecule has 0 spiro atoms. The highest BCUT2D eigenvalue weighted by atomic mass is 32.1. The molecule has 24 heavy (non-hydrogen) atoms. The van der Waals surface area contributed by atoms with Crippen molar-refractivity contribution >= 4 is 28.2 Å². The maximum atomic E-state index is 12.5. The van der Waals surface area contributed by atoms with E-state index in [0.29, 0.717) is 27.6 Å². The molecular formula is C18H17N3O2S. The molecule has 0 saturated carbocycles. The standard InChI is InChI=1S/C18H17N3O2S/c1-10-15(12(3)22)11(2)19-16(10)17(23)21-18-20-14(9-24-18)13-7-5-4-6-8-13/h4-9,19H,1-3H3,(H,20,21,23). The van der Waals surface area contributed by atoms with Crippen LogP contribution in [0, 0.1) is 13.8 Å². The number of thiazole rings is 1. The number of rotatable bonds is 4. The molecule has 0 unspecified atom stereocenters. The lowest BCUT2D eigenvalue weighted by Gasteiger charge is -2.01. The third-order valence-electron chi connectivity index (χ3n) is 3.81. The molecule has 0 saturated heterocycles. The average molecular weight is 339 g/mol. The summed E-state index contributed by atoms with van der Waals surface area (Å²) < 4.78 is 0. The van der Waals surface area contributed by atoms with Gasteiger partial charge in [-0.15, -0.1) is 11.3 Å². The molecule has 2 heterocycles. The van der Waals surface area contributed by atoms with Crippen LogP contribution in [0.1, 0.15) is 39.0 Å². The van der Waals surface area contributed by atoms with Gasteiger partial charge < -0.3 is 4.98 Å². The maximum Gasteiger partial charge on any atom is 0.274 e. The van der Waals surface area contributed by atoms with E-state index in [2.05, 4.69) is 15.3 Å². The smallest absolute Gasteiger partial charge is 0.274 e. The monoisotopic (exact) mass is 339 g/mol. The van der Waals surface area contributed by atoms with Gasteiger partial charge in [-0.3, -0.25) is 14.9 Å². The molecule has 1 amide bonds. The molecule has 122 valence electrons. The van der Waals surface area contributed by atoms with Crippen LogP contribution >= 0.6 is 11.3 Å². The highest BCUT2D eigenvalue weighted by Crippen LogP contribution is 2.26. The van der Waals surface area contributed by atoms with E-state index in [1.165, 1.54) is 18.3 Å². The second kappa shape index (κ2) is 6.41. The third kappa shape index (κ3) is 3.00. The van der Waals surface area contributed by atoms with Gasteiger partial charge >= 0.3 is 0 Å². The molecule has 3 rings (SSSR count). The molecule has 0 atom stereocenters. The summed E-state index contributed by atoms with van der Waals surface area (Å²) in [5.41, 5.74) is 4.16. The molecule has 6 heteroatoms. The van der Waals surface area contributed by atoms with E-state index in [1.54, 1.807) is 13.8 Å². The Kier molecular flexibility index (Phi) is 4.31. The highest BCUT2D eigenvalue weighted by Gasteiger charge is 2.20. The molecule has 1 aromatic carbocycles. The zero-order chi connectivity index (χ0) is 17.3. The molecular weight excluding hydrogens is 322 g/mol. The Hall–Kier alpha value is -2.73. The summed E-state index contributed by atoms with van der Waals surface area (Å²) in [6.07, 6.45) is 0. The van der Waals surface area contributed by atoms with Gasteiger partial charge in [0, 0.05) is 22.2 Å². The SMILES string of the molecule is CC(=O)c1c(C)[nH]c(C(=O)Nc2nc(-c3ccccc3)cs2)c1C. The number of Topliss-reactive ketones (excluding diaryl/α,β-unsaturated/α-hetero) is 1. The van der Waals surface area contributed by atoms with E-state index >= 15 is 0 Å². The van der Waals surface area contributed by atoms with E-state index in [9.17, 15) is 9.59 Å². The van der Waals surface area contributed by atoms with E-state index < -0.39 is 0 Å². The number of carbonyl (C=O) groups excluding carboxylic acids is 2. The van der Waals surface area contributed by atoms with Crippen molar-refractivity contribution < 1.29 is 9.59 Å². The summed E-state index contributed by atoms with van der Waals surface area (Å²) in [6, 6.07) is 9.78. The number of amides is 1. The van der Waals surface area contributed by atoms with Crippen molar-refractivity contribution in [1.82, 2.24) is 9.97 Å². The van der Waals surface area contributed by atoms with Crippen LogP contribution in [0.2, 0.25) is 0 Å². The van der Waals surface area contributed by atoms with E-state index in [-0.39, 0.29) is 11.7 Å². The minimum absolute atomic E-state index is 0.0547. The van der Waals surface area contributed by atoms with Crippen LogP contribution in [-0.4, -0.2) is 21.7 Å². The van der Waals surface area contributed by atoms with E-state index in [0.717, 1.165) is 11.3 Å². The first-order valence-electron chi connectivity index (χ1n) is 7.49. The second-order valence-corrected chi connectivity index (χ2v) is 6.40. The first kappa shape index (κ1) is 16.1. The first-order valence-corrected chi connectivity index (χ1v) is 8.37. The quantitative estimate of drug-likeness (QED) is 0.699. The molecule has 0 aliphatic rings. The van der Waals surface area contributed by atoms with Crippen molar-refractivity contribution in [2.45, 2.75) is 20.8 Å². The van der Waals surface area contributed by atoms with Crippen molar-refractivity contribution in [1.29, 1.82) is 0 Å². The number of aromatic amines is 1. The normalized spacial score (nSPS) is 10.6. The number of ketones is 1. The lowest BCUT2D eigenvalue weighted by Crippen LogP contribution is -2.13. The van der Waals surface area contributed by atoms with Gasteiger partial charge in [0.25, 0.3) is 5.91 Å². The fourth-order valence-corrected chi connectivity index (χ4v) is 3.45. The Balaban J connectivity index is 1.83. The van der Waals surface area contributed by atoms with Crippen LogP contribution in [0.25, 0.3) is 11.3 Å². The number of benzene rings is 1. The molecule has 0 aliphatic carbocycles. The first-order chi connectivity index (χ1) is 11.5. The number of aromatic nitrogens is 2. The number of anilines is 1. The predicted octanol–water partition coefficient (Wildman–Crippen LogP) is 4.21. The molecule has 2 N–H and O–H groups in total. The number of carbonyl (C=O) groups is 2. The van der Waals surface area contributed by atoms with Crippen molar-refractivity contribution in [3.8, 4) is 11.3 Å². The number of hydrogen-bond acceptors (Lipinski definition) is 4. The third-order valence-corrected chi connectivity index (χ3v) is 4.57. The number of nitrogens with one attached hydrogen (secondary N) is 2. The van der Waals surface area contributed by atoms with Gasteiger partial charge in [0.1, 0.15) is 5.69 Å². The largest absolute Gasteiger partial charge is 0.354 e. The number of nitrogens with zero attached hydrogens (tertiary/aromatic N) is 1. The topological polar surface area (TPSA) is 74.8 Å². The molecule has 2 aromatic heterocycles. The summed E-state index contributed by atoms with van der Waals surface area (Å²) >= 11 is 1.37. The van der Waals surface area contributed by atoms with Gasteiger partial charge in [-0.05, 0) is 26.3 Å². The number of H-pyrrole nitrogens is 1. The van der Waals surface area contributed by atoms with Gasteiger partial charge in [-0.25, -0.2) is 4.98 Å². The van der Waals surface area contributed by atoms with E-state index in [4.69, 9.17) is 0 Å². The maximum absolute atomic E-state index is 12.5. The Morgan fingerprint density at radius 3 is 2.50 bits per heavy atom. The lowest BCUT2D eigenvalue weighted by atomic mass is 10.1. The predicted molar refractivity (Wildman–Crippen MR) is 95.8 cm³/mol. The highest BCUT2D eigenvalue weighted by molar-refractivity contribution is 7.14. The lowest BCUT2D eigenvalue weighted by molar-refractivity contribution is 0.101. The molecule has 0 fully saturated rings. The Morgan fingerprint density at radius 1 is 1.17 bits per heavy atom. The zero-order valence-corrected chi connectivity index (χ0v) is 14.5. The Morgan fingerprint density at radius 2 is 1.88 bits per heavy atom. The molecule has 0 bridgehead atoms. The molecule has 0 aliphatic heterocycles. The van der Waals surface area contributed by atoms with Crippen LogP contribution in [0.3, 0.4) is 0 Å².